The smallest absolute Gasteiger partial charge is 0.411 e. The summed E-state index contributed by atoms with van der Waals surface area (Å²) in [4.78, 5) is 44.2. The molecular formula is C24H23N3O6. The third-order valence-corrected chi connectivity index (χ3v) is 5.91. The van der Waals surface area contributed by atoms with Crippen LogP contribution in [0.4, 0.5) is 4.79 Å². The molecule has 0 saturated carbocycles. The zero-order valence-electron chi connectivity index (χ0n) is 17.8. The van der Waals surface area contributed by atoms with E-state index >= 15 is 0 Å². The third-order valence-electron chi connectivity index (χ3n) is 5.91. The number of H-pyrrole nitrogens is 1. The Morgan fingerprint density at radius 1 is 1.03 bits per heavy atom. The van der Waals surface area contributed by atoms with Crippen molar-refractivity contribution in [1.29, 1.82) is 0 Å². The first kappa shape index (κ1) is 22.1. The van der Waals surface area contributed by atoms with E-state index in [0.717, 1.165) is 27.2 Å². The second-order valence-electron chi connectivity index (χ2n) is 7.86. The largest absolute Gasteiger partial charge is 0.480 e. The van der Waals surface area contributed by atoms with Crippen LogP contribution in [0, 0.1) is 0 Å². The molecule has 1 amide bonds. The fraction of sp³-hybridized carbons (Fsp3) is 0.250. The van der Waals surface area contributed by atoms with E-state index in [1.165, 1.54) is 19.4 Å². The summed E-state index contributed by atoms with van der Waals surface area (Å²) in [7, 11) is 0. The zero-order chi connectivity index (χ0) is 23.5. The van der Waals surface area contributed by atoms with Gasteiger partial charge in [-0.15, -0.1) is 0 Å². The van der Waals surface area contributed by atoms with Crippen LogP contribution in [0.5, 0.6) is 0 Å². The summed E-state index contributed by atoms with van der Waals surface area (Å²) in [5.74, 6) is -2.91. The molecule has 0 aliphatic heterocycles. The lowest BCUT2D eigenvalue weighted by atomic mass is 9.98. The quantitative estimate of drug-likeness (QED) is 0.481. The third kappa shape index (κ3) is 4.30. The maximum atomic E-state index is 13.1. The van der Waals surface area contributed by atoms with Crippen molar-refractivity contribution in [2.75, 3.05) is 6.61 Å². The first-order chi connectivity index (χ1) is 15.9. The van der Waals surface area contributed by atoms with E-state index in [1.807, 2.05) is 48.5 Å². The van der Waals surface area contributed by atoms with Gasteiger partial charge in [-0.1, -0.05) is 48.5 Å². The molecule has 0 fully saturated rings. The number of ether oxygens (including phenoxy) is 1. The van der Waals surface area contributed by atoms with Gasteiger partial charge in [0.2, 0.25) is 0 Å². The van der Waals surface area contributed by atoms with Crippen LogP contribution in [0.1, 0.15) is 29.7 Å². The molecule has 170 valence electrons. The Morgan fingerprint density at radius 3 is 2.15 bits per heavy atom. The number of carbonyl (C=O) groups is 3. The van der Waals surface area contributed by atoms with Gasteiger partial charge in [-0.05, 0) is 29.2 Å². The summed E-state index contributed by atoms with van der Waals surface area (Å²) < 4.78 is 5.56. The van der Waals surface area contributed by atoms with E-state index in [2.05, 4.69) is 9.97 Å². The number of nitrogens with one attached hydrogen (secondary N) is 1. The van der Waals surface area contributed by atoms with Crippen LogP contribution in [0.15, 0.2) is 61.1 Å². The number of carbonyl (C=O) groups excluding carboxylic acids is 1. The molecule has 1 heterocycles. The van der Waals surface area contributed by atoms with Crippen molar-refractivity contribution in [3.8, 4) is 11.1 Å². The summed E-state index contributed by atoms with van der Waals surface area (Å²) >= 11 is 0. The number of aromatic amines is 1. The summed E-state index contributed by atoms with van der Waals surface area (Å²) in [5, 5.41) is 19.3. The van der Waals surface area contributed by atoms with Crippen molar-refractivity contribution < 1.29 is 29.3 Å². The molecule has 9 nitrogen and oxygen atoms in total. The highest BCUT2D eigenvalue weighted by molar-refractivity contribution is 5.85. The SMILES string of the molecule is C[C@H](C(=O)O)N(C(=O)OCC1c2ccccc2-c2ccccc21)[C@@H](Cc1cnc[nH]1)C(=O)O. The summed E-state index contributed by atoms with van der Waals surface area (Å²) in [6, 6.07) is 12.7. The molecule has 3 aromatic rings. The first-order valence-corrected chi connectivity index (χ1v) is 10.4. The Bertz CT molecular complexity index is 1130. The summed E-state index contributed by atoms with van der Waals surface area (Å²) in [6.07, 6.45) is 1.67. The molecule has 9 heteroatoms. The number of carboxylic acid groups (broad SMARTS) is 2. The molecule has 0 bridgehead atoms. The van der Waals surface area contributed by atoms with Crippen molar-refractivity contribution >= 4 is 18.0 Å². The fourth-order valence-corrected chi connectivity index (χ4v) is 4.25. The average Bonchev–Trinajstić information content (AvgIpc) is 3.43. The lowest BCUT2D eigenvalue weighted by Gasteiger charge is -2.31. The Balaban J connectivity index is 1.59. The van der Waals surface area contributed by atoms with Gasteiger partial charge in [-0.2, -0.15) is 0 Å². The number of hydrogen-bond acceptors (Lipinski definition) is 5. The highest BCUT2D eigenvalue weighted by atomic mass is 16.6. The molecule has 0 spiro atoms. The number of aliphatic carboxylic acids is 2. The van der Waals surface area contributed by atoms with Crippen LogP contribution < -0.4 is 0 Å². The first-order valence-electron chi connectivity index (χ1n) is 10.4. The fourth-order valence-electron chi connectivity index (χ4n) is 4.25. The van der Waals surface area contributed by atoms with Crippen LogP contribution in [-0.4, -0.2) is 61.8 Å². The lowest BCUT2D eigenvalue weighted by Crippen LogP contribution is -2.53. The number of aromatic nitrogens is 2. The number of fused-ring (bicyclic) bond motifs is 3. The van der Waals surface area contributed by atoms with Crippen molar-refractivity contribution in [2.45, 2.75) is 31.3 Å². The predicted molar refractivity (Wildman–Crippen MR) is 118 cm³/mol. The van der Waals surface area contributed by atoms with Crippen molar-refractivity contribution in [2.24, 2.45) is 0 Å². The Morgan fingerprint density at radius 2 is 1.64 bits per heavy atom. The van der Waals surface area contributed by atoms with Gasteiger partial charge in [-0.25, -0.2) is 19.4 Å². The zero-order valence-corrected chi connectivity index (χ0v) is 17.8. The van der Waals surface area contributed by atoms with Crippen LogP contribution >= 0.6 is 0 Å². The maximum Gasteiger partial charge on any atom is 0.411 e. The highest BCUT2D eigenvalue weighted by Crippen LogP contribution is 2.44. The van der Waals surface area contributed by atoms with Gasteiger partial charge in [0.1, 0.15) is 18.7 Å². The van der Waals surface area contributed by atoms with Crippen molar-refractivity contribution in [3.05, 3.63) is 77.9 Å². The second kappa shape index (κ2) is 9.15. The van der Waals surface area contributed by atoms with Gasteiger partial charge >= 0.3 is 18.0 Å². The van der Waals surface area contributed by atoms with Crippen LogP contribution in [0.2, 0.25) is 0 Å². The molecule has 0 unspecified atom stereocenters. The van der Waals surface area contributed by atoms with Crippen LogP contribution in [0.25, 0.3) is 11.1 Å². The van der Waals surface area contributed by atoms with Crippen LogP contribution in [-0.2, 0) is 20.7 Å². The number of amides is 1. The molecular weight excluding hydrogens is 426 g/mol. The lowest BCUT2D eigenvalue weighted by molar-refractivity contribution is -0.148. The van der Waals surface area contributed by atoms with E-state index in [1.54, 1.807) is 0 Å². The van der Waals surface area contributed by atoms with E-state index in [4.69, 9.17) is 4.74 Å². The minimum Gasteiger partial charge on any atom is -0.480 e. The molecule has 33 heavy (non-hydrogen) atoms. The highest BCUT2D eigenvalue weighted by Gasteiger charge is 2.39. The minimum atomic E-state index is -1.45. The minimum absolute atomic E-state index is 0.0495. The normalized spacial score (nSPS) is 14.1. The van der Waals surface area contributed by atoms with Gasteiger partial charge in [0.25, 0.3) is 0 Å². The van der Waals surface area contributed by atoms with Crippen molar-refractivity contribution in [1.82, 2.24) is 14.9 Å². The number of imidazole rings is 1. The molecule has 2 aromatic carbocycles. The van der Waals surface area contributed by atoms with Gasteiger partial charge in [0, 0.05) is 24.2 Å². The number of nitrogens with zero attached hydrogens (tertiary/aromatic N) is 2. The molecule has 4 rings (SSSR count). The number of hydrogen-bond donors (Lipinski definition) is 3. The van der Waals surface area contributed by atoms with Gasteiger partial charge in [0.15, 0.2) is 0 Å². The van der Waals surface area contributed by atoms with Gasteiger partial charge in [-0.3, -0.25) is 4.90 Å². The standard InChI is InChI=1S/C24H23N3O6/c1-14(22(28)29)27(21(23(30)31)10-15-11-25-13-26-15)24(32)33-12-20-18-8-4-2-6-16(18)17-7-3-5-9-19(17)20/h2-9,11,13-14,20-21H,10,12H2,1H3,(H,25,26)(H,28,29)(H,30,31)/t14-,21+/m1/s1. The number of rotatable bonds is 8. The Kier molecular flexibility index (Phi) is 6.12. The summed E-state index contributed by atoms with van der Waals surface area (Å²) in [6.45, 7) is 1.21. The monoisotopic (exact) mass is 449 g/mol. The van der Waals surface area contributed by atoms with E-state index in [0.29, 0.717) is 5.69 Å². The molecule has 0 radical (unpaired) electrons. The molecule has 2 atom stereocenters. The van der Waals surface area contributed by atoms with E-state index < -0.39 is 30.1 Å². The molecule has 1 aliphatic rings. The van der Waals surface area contributed by atoms with Crippen molar-refractivity contribution in [3.63, 3.8) is 0 Å². The Labute approximate surface area is 189 Å². The van der Waals surface area contributed by atoms with Crippen LogP contribution in [0.3, 0.4) is 0 Å². The van der Waals surface area contributed by atoms with Gasteiger partial charge < -0.3 is 19.9 Å². The predicted octanol–water partition coefficient (Wildman–Crippen LogP) is 3.13. The van der Waals surface area contributed by atoms with E-state index in [-0.39, 0.29) is 18.9 Å². The molecule has 3 N–H and O–H groups in total. The molecule has 0 saturated heterocycles. The average molecular weight is 449 g/mol. The topological polar surface area (TPSA) is 133 Å². The van der Waals surface area contributed by atoms with Gasteiger partial charge in [0.05, 0.1) is 6.33 Å². The molecule has 1 aromatic heterocycles. The van der Waals surface area contributed by atoms with E-state index in [9.17, 15) is 24.6 Å². The second-order valence-corrected chi connectivity index (χ2v) is 7.86. The maximum absolute atomic E-state index is 13.1. The summed E-state index contributed by atoms with van der Waals surface area (Å²) in [5.41, 5.74) is 4.55. The number of benzene rings is 2. The number of carboxylic acids is 2. The molecule has 1 aliphatic carbocycles. The Hall–Kier alpha value is -4.14.